The molecule has 2 heterocycles. The van der Waals surface area contributed by atoms with Crippen LogP contribution in [0.3, 0.4) is 0 Å². The van der Waals surface area contributed by atoms with Crippen molar-refractivity contribution in [2.45, 2.75) is 45.0 Å². The van der Waals surface area contributed by atoms with E-state index in [1.807, 2.05) is 31.2 Å². The number of halogens is 2. The second-order valence-corrected chi connectivity index (χ2v) is 9.24. The fraction of sp³-hybridized carbons (Fsp3) is 0.480. The number of methoxy groups -OCH3 is 1. The first-order valence-electron chi connectivity index (χ1n) is 11.1. The van der Waals surface area contributed by atoms with Crippen LogP contribution in [-0.2, 0) is 20.7 Å². The summed E-state index contributed by atoms with van der Waals surface area (Å²) in [6.45, 7) is 4.20. The van der Waals surface area contributed by atoms with Crippen LogP contribution in [0.1, 0.15) is 43.4 Å². The van der Waals surface area contributed by atoms with Gasteiger partial charge in [0.05, 0.1) is 23.3 Å². The van der Waals surface area contributed by atoms with Crippen LogP contribution >= 0.6 is 23.2 Å². The molecular formula is C25H29Cl2NO4. The molecule has 2 aromatic carbocycles. The lowest BCUT2D eigenvalue weighted by Gasteiger charge is -2.28. The van der Waals surface area contributed by atoms with E-state index in [0.717, 1.165) is 61.2 Å². The van der Waals surface area contributed by atoms with Crippen LogP contribution in [0, 0.1) is 5.92 Å². The van der Waals surface area contributed by atoms with Crippen molar-refractivity contribution in [2.24, 2.45) is 5.92 Å². The lowest BCUT2D eigenvalue weighted by Crippen LogP contribution is -2.47. The summed E-state index contributed by atoms with van der Waals surface area (Å²) in [7, 11) is 1.64. The SMILES string of the molecule is COc1c(C(C)OC2CCCCO2)ccc(CC(=O)C2CNC2)c1-c1ccc(Cl)c(Cl)c1. The second kappa shape index (κ2) is 10.5. The number of ketones is 1. The van der Waals surface area contributed by atoms with Gasteiger partial charge < -0.3 is 19.5 Å². The number of nitrogens with one attached hydrogen (secondary N) is 1. The van der Waals surface area contributed by atoms with Crippen LogP contribution in [0.2, 0.25) is 10.0 Å². The molecule has 2 aromatic rings. The number of carbonyl (C=O) groups excluding carboxylic acids is 1. The van der Waals surface area contributed by atoms with E-state index in [2.05, 4.69) is 5.32 Å². The highest BCUT2D eigenvalue weighted by molar-refractivity contribution is 6.42. The quantitative estimate of drug-likeness (QED) is 0.535. The zero-order valence-corrected chi connectivity index (χ0v) is 20.0. The first kappa shape index (κ1) is 23.5. The normalized spacial score (nSPS) is 19.9. The van der Waals surface area contributed by atoms with Crippen molar-refractivity contribution in [3.05, 3.63) is 51.5 Å². The largest absolute Gasteiger partial charge is 0.496 e. The van der Waals surface area contributed by atoms with Gasteiger partial charge in [0.1, 0.15) is 11.5 Å². The Morgan fingerprint density at radius 1 is 1.19 bits per heavy atom. The number of ether oxygens (including phenoxy) is 3. The molecule has 0 bridgehead atoms. The first-order chi connectivity index (χ1) is 15.5. The smallest absolute Gasteiger partial charge is 0.158 e. The summed E-state index contributed by atoms with van der Waals surface area (Å²) in [4.78, 5) is 12.8. The van der Waals surface area contributed by atoms with Gasteiger partial charge in [0, 0.05) is 43.2 Å². The third-order valence-electron chi connectivity index (χ3n) is 6.22. The predicted octanol–water partition coefficient (Wildman–Crippen LogP) is 5.60. The molecule has 32 heavy (non-hydrogen) atoms. The van der Waals surface area contributed by atoms with Crippen LogP contribution in [0.25, 0.3) is 11.1 Å². The molecule has 2 saturated heterocycles. The molecule has 2 unspecified atom stereocenters. The fourth-order valence-electron chi connectivity index (χ4n) is 4.26. The lowest BCUT2D eigenvalue weighted by atomic mass is 9.87. The molecule has 0 saturated carbocycles. The van der Waals surface area contributed by atoms with Gasteiger partial charge in [0.2, 0.25) is 0 Å². The van der Waals surface area contributed by atoms with E-state index in [9.17, 15) is 4.79 Å². The monoisotopic (exact) mass is 477 g/mol. The van der Waals surface area contributed by atoms with E-state index in [-0.39, 0.29) is 24.1 Å². The number of carbonyl (C=O) groups is 1. The summed E-state index contributed by atoms with van der Waals surface area (Å²) >= 11 is 12.5. The second-order valence-electron chi connectivity index (χ2n) is 8.42. The maximum Gasteiger partial charge on any atom is 0.158 e. The highest BCUT2D eigenvalue weighted by Gasteiger charge is 2.28. The van der Waals surface area contributed by atoms with Crippen molar-refractivity contribution in [3.8, 4) is 16.9 Å². The Balaban J connectivity index is 1.73. The van der Waals surface area contributed by atoms with Crippen LogP contribution < -0.4 is 10.1 Å². The first-order valence-corrected chi connectivity index (χ1v) is 11.9. The average molecular weight is 478 g/mol. The zero-order chi connectivity index (χ0) is 22.7. The van der Waals surface area contributed by atoms with Crippen molar-refractivity contribution < 1.29 is 19.0 Å². The molecule has 5 nitrogen and oxygen atoms in total. The minimum atomic E-state index is -0.241. The van der Waals surface area contributed by atoms with Crippen LogP contribution in [-0.4, -0.2) is 38.9 Å². The number of hydrogen-bond acceptors (Lipinski definition) is 5. The molecule has 2 fully saturated rings. The molecule has 2 atom stereocenters. The van der Waals surface area contributed by atoms with E-state index < -0.39 is 0 Å². The Bertz CT molecular complexity index is 971. The number of rotatable bonds is 8. The van der Waals surface area contributed by atoms with Gasteiger partial charge >= 0.3 is 0 Å². The molecule has 1 N–H and O–H groups in total. The maximum atomic E-state index is 12.8. The summed E-state index contributed by atoms with van der Waals surface area (Å²) in [5.74, 6) is 0.969. The minimum absolute atomic E-state index is 0.0630. The molecule has 0 aromatic heterocycles. The third kappa shape index (κ3) is 5.13. The molecule has 4 rings (SSSR count). The van der Waals surface area contributed by atoms with E-state index in [0.29, 0.717) is 22.2 Å². The van der Waals surface area contributed by atoms with Gasteiger partial charge in [-0.15, -0.1) is 0 Å². The van der Waals surface area contributed by atoms with Crippen LogP contribution in [0.4, 0.5) is 0 Å². The van der Waals surface area contributed by atoms with Crippen molar-refractivity contribution >= 4 is 29.0 Å². The summed E-state index contributed by atoms with van der Waals surface area (Å²) in [6.07, 6.45) is 2.92. The topological polar surface area (TPSA) is 56.8 Å². The highest BCUT2D eigenvalue weighted by atomic mass is 35.5. The summed E-state index contributed by atoms with van der Waals surface area (Å²) in [6, 6.07) is 9.49. The van der Waals surface area contributed by atoms with Gasteiger partial charge in [-0.25, -0.2) is 0 Å². The molecule has 172 valence electrons. The van der Waals surface area contributed by atoms with Crippen LogP contribution in [0.15, 0.2) is 30.3 Å². The van der Waals surface area contributed by atoms with E-state index in [1.54, 1.807) is 13.2 Å². The van der Waals surface area contributed by atoms with E-state index in [1.165, 1.54) is 0 Å². The molecular weight excluding hydrogens is 449 g/mol. The summed E-state index contributed by atoms with van der Waals surface area (Å²) < 4.78 is 17.9. The van der Waals surface area contributed by atoms with Crippen molar-refractivity contribution in [3.63, 3.8) is 0 Å². The van der Waals surface area contributed by atoms with Gasteiger partial charge in [0.15, 0.2) is 6.29 Å². The van der Waals surface area contributed by atoms with Crippen LogP contribution in [0.5, 0.6) is 5.75 Å². The average Bonchev–Trinajstić information content (AvgIpc) is 2.74. The molecule has 0 radical (unpaired) electrons. The Labute approximate surface area is 199 Å². The van der Waals surface area contributed by atoms with Crippen molar-refractivity contribution in [1.29, 1.82) is 0 Å². The Kier molecular flexibility index (Phi) is 7.74. The molecule has 0 aliphatic carbocycles. The molecule has 2 aliphatic heterocycles. The minimum Gasteiger partial charge on any atom is -0.496 e. The number of benzene rings is 2. The highest BCUT2D eigenvalue weighted by Crippen LogP contribution is 2.42. The summed E-state index contributed by atoms with van der Waals surface area (Å²) in [5, 5.41) is 4.10. The molecule has 0 amide bonds. The van der Waals surface area contributed by atoms with Crippen molar-refractivity contribution in [2.75, 3.05) is 26.8 Å². The fourth-order valence-corrected chi connectivity index (χ4v) is 4.56. The molecule has 0 spiro atoms. The maximum absolute atomic E-state index is 12.8. The Morgan fingerprint density at radius 3 is 2.62 bits per heavy atom. The van der Waals surface area contributed by atoms with E-state index >= 15 is 0 Å². The molecule has 7 heteroatoms. The van der Waals surface area contributed by atoms with Gasteiger partial charge in [0.25, 0.3) is 0 Å². The summed E-state index contributed by atoms with van der Waals surface area (Å²) in [5.41, 5.74) is 3.52. The molecule has 2 aliphatic rings. The van der Waals surface area contributed by atoms with Gasteiger partial charge in [-0.3, -0.25) is 4.79 Å². The third-order valence-corrected chi connectivity index (χ3v) is 6.96. The zero-order valence-electron chi connectivity index (χ0n) is 18.5. The lowest BCUT2D eigenvalue weighted by molar-refractivity contribution is -0.186. The van der Waals surface area contributed by atoms with Crippen molar-refractivity contribution in [1.82, 2.24) is 5.32 Å². The van der Waals surface area contributed by atoms with Gasteiger partial charge in [-0.2, -0.15) is 0 Å². The standard InChI is InChI=1S/C25H29Cl2NO4/c1-15(32-23-5-3-4-10-31-23)19-8-6-17(12-22(29)18-13-28-14-18)24(25(19)30-2)16-7-9-20(26)21(27)11-16/h6-9,11,15,18,23,28H,3-5,10,12-14H2,1-2H3. The van der Waals surface area contributed by atoms with E-state index in [4.69, 9.17) is 37.4 Å². The Morgan fingerprint density at radius 2 is 2.00 bits per heavy atom. The Hall–Kier alpha value is -1.63. The number of Topliss-reactive ketones (excluding diaryl/α,β-unsaturated/α-hetero) is 1. The van der Waals surface area contributed by atoms with Gasteiger partial charge in [-0.05, 0) is 49.4 Å². The van der Waals surface area contributed by atoms with Gasteiger partial charge in [-0.1, -0.05) is 41.4 Å². The predicted molar refractivity (Wildman–Crippen MR) is 127 cm³/mol. The number of hydrogen-bond donors (Lipinski definition) is 1.